The normalized spacial score (nSPS) is 26.1. The van der Waals surface area contributed by atoms with Crippen LogP contribution in [-0.2, 0) is 11.3 Å². The summed E-state index contributed by atoms with van der Waals surface area (Å²) in [4.78, 5) is 0. The molecule has 1 aliphatic rings. The Morgan fingerprint density at radius 3 is 3.00 bits per heavy atom. The van der Waals surface area contributed by atoms with Gasteiger partial charge in [0.1, 0.15) is 6.61 Å². The molecule has 1 aliphatic carbocycles. The highest BCUT2D eigenvalue weighted by molar-refractivity contribution is 7.71. The first-order valence-electron chi connectivity index (χ1n) is 4.55. The number of ether oxygens (including phenoxy) is 1. The molecule has 5 nitrogen and oxygen atoms in total. The van der Waals surface area contributed by atoms with Gasteiger partial charge < -0.3 is 9.84 Å². The van der Waals surface area contributed by atoms with Crippen LogP contribution in [0.15, 0.2) is 0 Å². The highest BCUT2D eigenvalue weighted by Crippen LogP contribution is 2.34. The molecule has 0 unspecified atom stereocenters. The summed E-state index contributed by atoms with van der Waals surface area (Å²) in [6, 6.07) is 0.327. The fourth-order valence-corrected chi connectivity index (χ4v) is 2.07. The average molecular weight is 215 g/mol. The zero-order chi connectivity index (χ0) is 10.1. The molecule has 0 amide bonds. The lowest BCUT2D eigenvalue weighted by Crippen LogP contribution is -2.33. The van der Waals surface area contributed by atoms with E-state index in [-0.39, 0.29) is 6.61 Å². The van der Waals surface area contributed by atoms with Gasteiger partial charge in [-0.25, -0.2) is 0 Å². The first kappa shape index (κ1) is 9.82. The molecule has 78 valence electrons. The number of rotatable bonds is 3. The number of H-pyrrole nitrogens is 1. The molecule has 2 rings (SSSR count). The molecule has 1 heterocycles. The molecular formula is C8H13N3O2S. The maximum atomic E-state index is 9.04. The first-order valence-corrected chi connectivity index (χ1v) is 4.96. The minimum atomic E-state index is -0.0821. The van der Waals surface area contributed by atoms with Crippen molar-refractivity contribution < 1.29 is 9.84 Å². The molecule has 1 fully saturated rings. The molecule has 1 aromatic heterocycles. The van der Waals surface area contributed by atoms with Crippen LogP contribution in [0.4, 0.5) is 0 Å². The van der Waals surface area contributed by atoms with Crippen molar-refractivity contribution in [2.45, 2.75) is 31.6 Å². The molecule has 0 saturated heterocycles. The van der Waals surface area contributed by atoms with E-state index in [1.165, 1.54) is 0 Å². The Bertz CT molecular complexity index is 367. The lowest BCUT2D eigenvalue weighted by atomic mass is 9.89. The summed E-state index contributed by atoms with van der Waals surface area (Å²) in [5, 5.41) is 15.7. The summed E-state index contributed by atoms with van der Waals surface area (Å²) in [6.07, 6.45) is 2.21. The standard InChI is InChI=1S/C8H13N3O2S/c1-13-6-2-5(3-6)11-7(4-12)9-10-8(11)14/h5-6,12H,2-4H2,1H3,(H,10,14). The number of aliphatic hydroxyl groups is 1. The van der Waals surface area contributed by atoms with Gasteiger partial charge in [-0.3, -0.25) is 9.67 Å². The van der Waals surface area contributed by atoms with Crippen LogP contribution < -0.4 is 0 Å². The first-order chi connectivity index (χ1) is 6.76. The van der Waals surface area contributed by atoms with Gasteiger partial charge in [-0.1, -0.05) is 0 Å². The van der Waals surface area contributed by atoms with Crippen LogP contribution in [0.1, 0.15) is 24.7 Å². The molecule has 2 N–H and O–H groups in total. The highest BCUT2D eigenvalue weighted by atomic mass is 32.1. The molecule has 0 bridgehead atoms. The van der Waals surface area contributed by atoms with Gasteiger partial charge in [0.25, 0.3) is 0 Å². The highest BCUT2D eigenvalue weighted by Gasteiger charge is 2.32. The Hall–Kier alpha value is -0.720. The van der Waals surface area contributed by atoms with Gasteiger partial charge in [-0.15, -0.1) is 0 Å². The maximum absolute atomic E-state index is 9.04. The Kier molecular flexibility index (Phi) is 2.66. The zero-order valence-corrected chi connectivity index (χ0v) is 8.75. The lowest BCUT2D eigenvalue weighted by molar-refractivity contribution is 0.00398. The van der Waals surface area contributed by atoms with Crippen molar-refractivity contribution in [2.75, 3.05) is 7.11 Å². The van der Waals surface area contributed by atoms with Crippen LogP contribution in [0, 0.1) is 4.77 Å². The van der Waals surface area contributed by atoms with E-state index >= 15 is 0 Å². The van der Waals surface area contributed by atoms with Crippen molar-refractivity contribution in [3.05, 3.63) is 10.6 Å². The fraction of sp³-hybridized carbons (Fsp3) is 0.750. The van der Waals surface area contributed by atoms with Crippen LogP contribution in [0.5, 0.6) is 0 Å². The van der Waals surface area contributed by atoms with Gasteiger partial charge in [-0.05, 0) is 25.1 Å². The predicted molar refractivity (Wildman–Crippen MR) is 52.4 cm³/mol. The Balaban J connectivity index is 2.17. The number of hydrogen-bond acceptors (Lipinski definition) is 4. The number of aromatic amines is 1. The van der Waals surface area contributed by atoms with E-state index in [0.717, 1.165) is 12.8 Å². The summed E-state index contributed by atoms with van der Waals surface area (Å²) in [5.41, 5.74) is 0. The van der Waals surface area contributed by atoms with Crippen molar-refractivity contribution in [1.29, 1.82) is 0 Å². The lowest BCUT2D eigenvalue weighted by Gasteiger charge is -2.35. The average Bonchev–Trinajstić information content (AvgIpc) is 2.47. The minimum absolute atomic E-state index is 0.0821. The number of methoxy groups -OCH3 is 1. The topological polar surface area (TPSA) is 63.1 Å². The summed E-state index contributed by atoms with van der Waals surface area (Å²) in [6.45, 7) is -0.0821. The van der Waals surface area contributed by atoms with Gasteiger partial charge in [0, 0.05) is 13.2 Å². The van der Waals surface area contributed by atoms with Gasteiger partial charge in [0.2, 0.25) is 0 Å². The van der Waals surface area contributed by atoms with Crippen LogP contribution in [0.3, 0.4) is 0 Å². The summed E-state index contributed by atoms with van der Waals surface area (Å²) >= 11 is 5.08. The second-order valence-electron chi connectivity index (χ2n) is 3.46. The number of aromatic nitrogens is 3. The van der Waals surface area contributed by atoms with E-state index in [0.29, 0.717) is 22.7 Å². The summed E-state index contributed by atoms with van der Waals surface area (Å²) < 4.78 is 7.64. The number of nitrogens with one attached hydrogen (secondary N) is 1. The molecule has 0 aromatic carbocycles. The van der Waals surface area contributed by atoms with Crippen LogP contribution in [0.25, 0.3) is 0 Å². The predicted octanol–water partition coefficient (Wildman–Crippen LogP) is 0.783. The monoisotopic (exact) mass is 215 g/mol. The number of hydrogen-bond donors (Lipinski definition) is 2. The third-order valence-electron chi connectivity index (χ3n) is 2.69. The summed E-state index contributed by atoms with van der Waals surface area (Å²) in [7, 11) is 1.71. The zero-order valence-electron chi connectivity index (χ0n) is 7.93. The molecule has 1 saturated carbocycles. The third-order valence-corrected chi connectivity index (χ3v) is 2.98. The molecule has 0 atom stereocenters. The molecular weight excluding hydrogens is 202 g/mol. The Morgan fingerprint density at radius 1 is 1.71 bits per heavy atom. The van der Waals surface area contributed by atoms with E-state index in [9.17, 15) is 0 Å². The second kappa shape index (κ2) is 3.80. The van der Waals surface area contributed by atoms with Crippen LogP contribution in [0.2, 0.25) is 0 Å². The van der Waals surface area contributed by atoms with Crippen LogP contribution >= 0.6 is 12.2 Å². The molecule has 1 aromatic rings. The van der Waals surface area contributed by atoms with Crippen molar-refractivity contribution in [2.24, 2.45) is 0 Å². The van der Waals surface area contributed by atoms with E-state index < -0.39 is 0 Å². The summed E-state index contributed by atoms with van der Waals surface area (Å²) in [5.74, 6) is 0.606. The van der Waals surface area contributed by atoms with Gasteiger partial charge in [0.15, 0.2) is 10.6 Å². The number of nitrogens with zero attached hydrogens (tertiary/aromatic N) is 2. The molecule has 0 spiro atoms. The van der Waals surface area contributed by atoms with Gasteiger partial charge in [-0.2, -0.15) is 5.10 Å². The maximum Gasteiger partial charge on any atom is 0.195 e. The minimum Gasteiger partial charge on any atom is -0.388 e. The fourth-order valence-electron chi connectivity index (χ4n) is 1.77. The molecule has 0 radical (unpaired) electrons. The van der Waals surface area contributed by atoms with Crippen molar-refractivity contribution in [3.63, 3.8) is 0 Å². The quantitative estimate of drug-likeness (QED) is 0.731. The third kappa shape index (κ3) is 1.49. The van der Waals surface area contributed by atoms with Crippen molar-refractivity contribution >= 4 is 12.2 Å². The van der Waals surface area contributed by atoms with E-state index in [2.05, 4.69) is 10.2 Å². The molecule has 14 heavy (non-hydrogen) atoms. The van der Waals surface area contributed by atoms with Crippen molar-refractivity contribution in [1.82, 2.24) is 14.8 Å². The SMILES string of the molecule is COC1CC(n2c(CO)n[nH]c2=S)C1. The van der Waals surface area contributed by atoms with Crippen molar-refractivity contribution in [3.8, 4) is 0 Å². The van der Waals surface area contributed by atoms with Gasteiger partial charge in [0.05, 0.1) is 6.10 Å². The molecule has 6 heteroatoms. The van der Waals surface area contributed by atoms with Gasteiger partial charge >= 0.3 is 0 Å². The van der Waals surface area contributed by atoms with E-state index in [4.69, 9.17) is 22.1 Å². The number of aliphatic hydroxyl groups excluding tert-OH is 1. The smallest absolute Gasteiger partial charge is 0.195 e. The second-order valence-corrected chi connectivity index (χ2v) is 3.84. The molecule has 0 aliphatic heterocycles. The van der Waals surface area contributed by atoms with E-state index in [1.54, 1.807) is 7.11 Å². The van der Waals surface area contributed by atoms with Crippen LogP contribution in [-0.4, -0.2) is 33.1 Å². The Labute approximate surface area is 86.7 Å². The van der Waals surface area contributed by atoms with E-state index in [1.807, 2.05) is 4.57 Å². The Morgan fingerprint density at radius 2 is 2.43 bits per heavy atom. The largest absolute Gasteiger partial charge is 0.388 e.